The van der Waals surface area contributed by atoms with Crippen LogP contribution in [0, 0.1) is 0 Å². The zero-order valence-corrected chi connectivity index (χ0v) is 20.0. The fraction of sp³-hybridized carbons (Fsp3) is 0.611. The van der Waals surface area contributed by atoms with Crippen molar-refractivity contribution in [1.82, 2.24) is 15.4 Å². The van der Waals surface area contributed by atoms with E-state index < -0.39 is 10.0 Å². The van der Waals surface area contributed by atoms with Gasteiger partial charge in [0.05, 0.1) is 12.4 Å². The first-order valence-corrected chi connectivity index (χ1v) is 10.9. The molecule has 0 radical (unpaired) electrons. The van der Waals surface area contributed by atoms with E-state index in [1.165, 1.54) is 5.56 Å². The normalized spacial score (nSPS) is 16.0. The number of halogens is 1. The van der Waals surface area contributed by atoms with Crippen molar-refractivity contribution in [3.05, 3.63) is 23.3 Å². The summed E-state index contributed by atoms with van der Waals surface area (Å²) in [6.07, 6.45) is 1.07. The molecule has 1 unspecified atom stereocenters. The molecule has 0 aromatic heterocycles. The summed E-state index contributed by atoms with van der Waals surface area (Å²) in [7, 11) is -1.51. The highest BCUT2D eigenvalue weighted by molar-refractivity contribution is 14.0. The molecule has 0 spiro atoms. The summed E-state index contributed by atoms with van der Waals surface area (Å²) < 4.78 is 37.0. The summed E-state index contributed by atoms with van der Waals surface area (Å²) in [5.74, 6) is 2.40. The Bertz CT molecular complexity index is 771. The van der Waals surface area contributed by atoms with Crippen LogP contribution in [-0.4, -0.2) is 53.0 Å². The molecule has 0 aliphatic carbocycles. The Morgan fingerprint density at radius 3 is 2.68 bits per heavy atom. The van der Waals surface area contributed by atoms with Crippen molar-refractivity contribution in [3.8, 4) is 11.5 Å². The molecule has 2 rings (SSSR count). The monoisotopic (exact) mass is 526 g/mol. The summed E-state index contributed by atoms with van der Waals surface area (Å²) >= 11 is 0. The predicted molar refractivity (Wildman–Crippen MR) is 122 cm³/mol. The lowest BCUT2D eigenvalue weighted by Crippen LogP contribution is -2.41. The fourth-order valence-corrected chi connectivity index (χ4v) is 3.42. The van der Waals surface area contributed by atoms with Gasteiger partial charge < -0.3 is 20.1 Å². The van der Waals surface area contributed by atoms with Crippen LogP contribution in [0.3, 0.4) is 0 Å². The summed E-state index contributed by atoms with van der Waals surface area (Å²) in [5.41, 5.74) is 2.15. The molecule has 0 fully saturated rings. The maximum Gasteiger partial charge on any atom is 0.211 e. The number of fused-ring (bicyclic) bond motifs is 1. The Balaban J connectivity index is 0.00000392. The van der Waals surface area contributed by atoms with Crippen LogP contribution in [0.2, 0.25) is 0 Å². The van der Waals surface area contributed by atoms with Crippen molar-refractivity contribution < 1.29 is 17.9 Å². The van der Waals surface area contributed by atoms with Gasteiger partial charge in [0, 0.05) is 44.2 Å². The van der Waals surface area contributed by atoms with Crippen LogP contribution in [0.4, 0.5) is 0 Å². The van der Waals surface area contributed by atoms with E-state index in [4.69, 9.17) is 9.47 Å². The number of rotatable bonds is 9. The van der Waals surface area contributed by atoms with Crippen LogP contribution in [-0.2, 0) is 23.0 Å². The van der Waals surface area contributed by atoms with Gasteiger partial charge >= 0.3 is 0 Å². The molecule has 1 aliphatic heterocycles. The standard InChI is InChI=1S/C18H30N4O4S.HI/c1-5-25-16-10-14-9-13(3)26-17(14)11-15(16)12-21-18(19-4)20-7-8-22-27(23,24)6-2;/h10-11,13,22H,5-9,12H2,1-4H3,(H2,19,20,21);1H. The molecule has 1 heterocycles. The Kier molecular flexibility index (Phi) is 10.3. The van der Waals surface area contributed by atoms with Gasteiger partial charge in [-0.05, 0) is 32.9 Å². The number of hydrogen-bond donors (Lipinski definition) is 3. The predicted octanol–water partition coefficient (Wildman–Crippen LogP) is 1.63. The number of aliphatic imine (C=N–C) groups is 1. The van der Waals surface area contributed by atoms with E-state index in [2.05, 4.69) is 33.3 Å². The highest BCUT2D eigenvalue weighted by Crippen LogP contribution is 2.35. The fourth-order valence-electron chi connectivity index (χ4n) is 2.80. The zero-order chi connectivity index (χ0) is 19.9. The second-order valence-electron chi connectivity index (χ2n) is 6.28. The molecule has 1 aromatic rings. The number of hydrogen-bond acceptors (Lipinski definition) is 5. The largest absolute Gasteiger partial charge is 0.494 e. The van der Waals surface area contributed by atoms with E-state index in [-0.39, 0.29) is 35.8 Å². The van der Waals surface area contributed by atoms with E-state index in [9.17, 15) is 8.42 Å². The Morgan fingerprint density at radius 1 is 1.29 bits per heavy atom. The van der Waals surface area contributed by atoms with Crippen molar-refractivity contribution in [1.29, 1.82) is 0 Å². The smallest absolute Gasteiger partial charge is 0.211 e. The lowest BCUT2D eigenvalue weighted by molar-refractivity contribution is 0.254. The minimum atomic E-state index is -3.18. The maximum absolute atomic E-state index is 11.4. The zero-order valence-electron chi connectivity index (χ0n) is 16.9. The Labute approximate surface area is 184 Å². The van der Waals surface area contributed by atoms with Crippen LogP contribution in [0.5, 0.6) is 11.5 Å². The van der Waals surface area contributed by atoms with Crippen LogP contribution in [0.25, 0.3) is 0 Å². The number of guanidine groups is 1. The third-order valence-electron chi connectivity index (χ3n) is 4.17. The third-order valence-corrected chi connectivity index (χ3v) is 5.57. The van der Waals surface area contributed by atoms with Gasteiger partial charge in [0.2, 0.25) is 10.0 Å². The van der Waals surface area contributed by atoms with Crippen molar-refractivity contribution in [2.24, 2.45) is 4.99 Å². The van der Waals surface area contributed by atoms with Gasteiger partial charge in [-0.15, -0.1) is 24.0 Å². The minimum absolute atomic E-state index is 0. The van der Waals surface area contributed by atoms with Crippen LogP contribution >= 0.6 is 24.0 Å². The quantitative estimate of drug-likeness (QED) is 0.196. The van der Waals surface area contributed by atoms with Crippen molar-refractivity contribution in [2.45, 2.75) is 39.8 Å². The molecule has 3 N–H and O–H groups in total. The first-order chi connectivity index (χ1) is 12.9. The van der Waals surface area contributed by atoms with E-state index in [1.807, 2.05) is 13.0 Å². The average molecular weight is 526 g/mol. The van der Waals surface area contributed by atoms with Crippen molar-refractivity contribution in [3.63, 3.8) is 0 Å². The molecule has 1 aliphatic rings. The van der Waals surface area contributed by atoms with E-state index >= 15 is 0 Å². The lowest BCUT2D eigenvalue weighted by atomic mass is 10.1. The number of benzene rings is 1. The SMILES string of the molecule is CCOc1cc2c(cc1CNC(=NC)NCCNS(=O)(=O)CC)OC(C)C2.I. The van der Waals surface area contributed by atoms with E-state index in [1.54, 1.807) is 14.0 Å². The number of nitrogens with zero attached hydrogens (tertiary/aromatic N) is 1. The summed E-state index contributed by atoms with van der Waals surface area (Å²) in [5, 5.41) is 6.31. The first-order valence-electron chi connectivity index (χ1n) is 9.25. The number of sulfonamides is 1. The van der Waals surface area contributed by atoms with E-state index in [0.717, 1.165) is 23.5 Å². The molecule has 8 nitrogen and oxygen atoms in total. The topological polar surface area (TPSA) is 101 Å². The molecular formula is C18H31IN4O4S. The van der Waals surface area contributed by atoms with Gasteiger partial charge in [0.15, 0.2) is 5.96 Å². The lowest BCUT2D eigenvalue weighted by Gasteiger charge is -2.16. The molecule has 0 saturated heterocycles. The maximum atomic E-state index is 11.4. The summed E-state index contributed by atoms with van der Waals surface area (Å²) in [4.78, 5) is 4.16. The number of nitrogens with one attached hydrogen (secondary N) is 3. The van der Waals surface area contributed by atoms with E-state index in [0.29, 0.717) is 32.2 Å². The van der Waals surface area contributed by atoms with Gasteiger partial charge in [-0.2, -0.15) is 0 Å². The molecule has 1 aromatic carbocycles. The van der Waals surface area contributed by atoms with Crippen molar-refractivity contribution >= 4 is 40.0 Å². The molecular weight excluding hydrogens is 495 g/mol. The van der Waals surface area contributed by atoms with Crippen LogP contribution in [0.15, 0.2) is 17.1 Å². The van der Waals surface area contributed by atoms with Crippen LogP contribution < -0.4 is 24.8 Å². The Hall–Kier alpha value is -1.27. The van der Waals surface area contributed by atoms with Crippen molar-refractivity contribution in [2.75, 3.05) is 32.5 Å². The first kappa shape index (κ1) is 24.8. The summed E-state index contributed by atoms with van der Waals surface area (Å²) in [6, 6.07) is 4.06. The van der Waals surface area contributed by atoms with Gasteiger partial charge in [0.25, 0.3) is 0 Å². The van der Waals surface area contributed by atoms with Gasteiger partial charge in [0.1, 0.15) is 17.6 Å². The molecule has 160 valence electrons. The molecule has 10 heteroatoms. The third kappa shape index (κ3) is 7.28. The second-order valence-corrected chi connectivity index (χ2v) is 8.38. The number of ether oxygens (including phenoxy) is 2. The molecule has 28 heavy (non-hydrogen) atoms. The van der Waals surface area contributed by atoms with Gasteiger partial charge in [-0.1, -0.05) is 0 Å². The van der Waals surface area contributed by atoms with Gasteiger partial charge in [-0.25, -0.2) is 13.1 Å². The summed E-state index contributed by atoms with van der Waals surface area (Å²) in [6.45, 7) is 7.45. The van der Waals surface area contributed by atoms with Gasteiger partial charge in [-0.3, -0.25) is 4.99 Å². The Morgan fingerprint density at radius 2 is 2.04 bits per heavy atom. The molecule has 0 amide bonds. The molecule has 0 bridgehead atoms. The molecule has 1 atom stereocenters. The van der Waals surface area contributed by atoms with Crippen LogP contribution in [0.1, 0.15) is 31.9 Å². The molecule has 0 saturated carbocycles. The highest BCUT2D eigenvalue weighted by Gasteiger charge is 2.21. The average Bonchev–Trinajstić information content (AvgIpc) is 3.00. The highest BCUT2D eigenvalue weighted by atomic mass is 127. The second kappa shape index (κ2) is 11.7. The minimum Gasteiger partial charge on any atom is -0.494 e.